The summed E-state index contributed by atoms with van der Waals surface area (Å²) in [4.78, 5) is 13.7. The van der Waals surface area contributed by atoms with Crippen molar-refractivity contribution >= 4 is 34.2 Å². The van der Waals surface area contributed by atoms with Gasteiger partial charge in [-0.05, 0) is 13.8 Å². The Bertz CT molecular complexity index is 263. The Balaban J connectivity index is 2.72. The molecule has 5 heteroatoms. The van der Waals surface area contributed by atoms with Crippen LogP contribution in [0.25, 0.3) is 0 Å². The molecule has 0 saturated carbocycles. The van der Waals surface area contributed by atoms with Crippen LogP contribution in [0.5, 0.6) is 0 Å². The van der Waals surface area contributed by atoms with Crippen LogP contribution in [0.4, 0.5) is 0 Å². The summed E-state index contributed by atoms with van der Waals surface area (Å²) in [5.41, 5.74) is 0. The molecule has 1 rings (SSSR count). The Morgan fingerprint density at radius 2 is 2.31 bits per heavy atom. The molecular formula is C8H11NO2S2. The molecule has 0 spiro atoms. The average Bonchev–Trinajstić information content (AvgIpc) is 2.38. The van der Waals surface area contributed by atoms with Gasteiger partial charge in [0.15, 0.2) is 0 Å². The highest BCUT2D eigenvalue weighted by Gasteiger charge is 2.30. The Morgan fingerprint density at radius 3 is 2.77 bits per heavy atom. The van der Waals surface area contributed by atoms with Crippen LogP contribution >= 0.6 is 24.0 Å². The van der Waals surface area contributed by atoms with E-state index >= 15 is 0 Å². The van der Waals surface area contributed by atoms with E-state index in [1.165, 1.54) is 18.0 Å². The Hall–Kier alpha value is -0.550. The minimum absolute atomic E-state index is 0.0500. The zero-order chi connectivity index (χ0) is 9.84. The molecule has 1 heterocycles. The highest BCUT2D eigenvalue weighted by Crippen LogP contribution is 2.30. The number of thioether (sulfide) groups is 1. The monoisotopic (exact) mass is 217 g/mol. The molecule has 0 aromatic heterocycles. The van der Waals surface area contributed by atoms with E-state index in [4.69, 9.17) is 17.0 Å². The smallest absolute Gasteiger partial charge is 0.269 e. The van der Waals surface area contributed by atoms with Crippen molar-refractivity contribution in [2.75, 3.05) is 13.2 Å². The van der Waals surface area contributed by atoms with Crippen molar-refractivity contribution in [3.63, 3.8) is 0 Å². The van der Waals surface area contributed by atoms with Crippen LogP contribution in [0.1, 0.15) is 13.8 Å². The van der Waals surface area contributed by atoms with Crippen LogP contribution < -0.4 is 0 Å². The fourth-order valence-corrected chi connectivity index (χ4v) is 2.22. The molecule has 0 bridgehead atoms. The lowest BCUT2D eigenvalue weighted by Crippen LogP contribution is -2.27. The van der Waals surface area contributed by atoms with Gasteiger partial charge in [0.05, 0.1) is 6.61 Å². The highest BCUT2D eigenvalue weighted by atomic mass is 32.2. The summed E-state index contributed by atoms with van der Waals surface area (Å²) in [6, 6.07) is 0. The van der Waals surface area contributed by atoms with Gasteiger partial charge in [-0.25, -0.2) is 0 Å². The van der Waals surface area contributed by atoms with Gasteiger partial charge in [-0.2, -0.15) is 0 Å². The van der Waals surface area contributed by atoms with Crippen molar-refractivity contribution in [1.82, 2.24) is 4.90 Å². The fraction of sp³-hybridized carbons (Fsp3) is 0.500. The third-order valence-corrected chi connectivity index (χ3v) is 2.90. The van der Waals surface area contributed by atoms with E-state index in [0.29, 0.717) is 22.4 Å². The van der Waals surface area contributed by atoms with Crippen molar-refractivity contribution in [3.05, 3.63) is 11.2 Å². The summed E-state index contributed by atoms with van der Waals surface area (Å²) in [7, 11) is 0. The molecular weight excluding hydrogens is 206 g/mol. The van der Waals surface area contributed by atoms with Gasteiger partial charge < -0.3 is 4.74 Å². The second-order valence-corrected chi connectivity index (χ2v) is 4.03. The molecule has 13 heavy (non-hydrogen) atoms. The van der Waals surface area contributed by atoms with Gasteiger partial charge in [-0.3, -0.25) is 9.69 Å². The van der Waals surface area contributed by atoms with Crippen molar-refractivity contribution in [3.8, 4) is 0 Å². The van der Waals surface area contributed by atoms with Crippen molar-refractivity contribution in [2.24, 2.45) is 0 Å². The Kier molecular flexibility index (Phi) is 3.74. The van der Waals surface area contributed by atoms with E-state index in [0.717, 1.165) is 0 Å². The van der Waals surface area contributed by atoms with Crippen LogP contribution in [0.2, 0.25) is 0 Å². The molecule has 1 aliphatic heterocycles. The van der Waals surface area contributed by atoms with Gasteiger partial charge in [0.25, 0.3) is 5.91 Å². The summed E-state index contributed by atoms with van der Waals surface area (Å²) in [5, 5.41) is 0. The molecule has 3 nitrogen and oxygen atoms in total. The average molecular weight is 217 g/mol. The van der Waals surface area contributed by atoms with Gasteiger partial charge in [0.2, 0.25) is 0 Å². The van der Waals surface area contributed by atoms with Crippen molar-refractivity contribution in [1.29, 1.82) is 0 Å². The van der Waals surface area contributed by atoms with E-state index in [9.17, 15) is 4.79 Å². The number of amides is 1. The molecule has 0 radical (unpaired) electrons. The largest absolute Gasteiger partial charge is 0.500 e. The number of hydrogen-bond donors (Lipinski definition) is 0. The number of nitrogens with zero attached hydrogens (tertiary/aromatic N) is 1. The van der Waals surface area contributed by atoms with Crippen LogP contribution in [0, 0.1) is 0 Å². The first kappa shape index (κ1) is 10.5. The number of carbonyl (C=O) groups is 1. The van der Waals surface area contributed by atoms with Crippen molar-refractivity contribution in [2.45, 2.75) is 13.8 Å². The third-order valence-electron chi connectivity index (χ3n) is 1.55. The summed E-state index contributed by atoms with van der Waals surface area (Å²) in [6.45, 7) is 4.95. The highest BCUT2D eigenvalue weighted by molar-refractivity contribution is 8.26. The van der Waals surface area contributed by atoms with E-state index in [2.05, 4.69) is 0 Å². The lowest BCUT2D eigenvalue weighted by molar-refractivity contribution is -0.122. The molecule has 1 amide bonds. The van der Waals surface area contributed by atoms with E-state index < -0.39 is 0 Å². The number of ether oxygens (including phenoxy) is 1. The number of thiocarbonyl (C=S) groups is 1. The van der Waals surface area contributed by atoms with E-state index in [1.807, 2.05) is 13.8 Å². The lowest BCUT2D eigenvalue weighted by atomic mass is 10.5. The Morgan fingerprint density at radius 1 is 1.62 bits per heavy atom. The van der Waals surface area contributed by atoms with Crippen molar-refractivity contribution < 1.29 is 9.53 Å². The molecule has 0 aliphatic carbocycles. The first-order chi connectivity index (χ1) is 6.20. The second kappa shape index (κ2) is 4.62. The maximum Gasteiger partial charge on any atom is 0.269 e. The normalized spacial score (nSPS) is 20.2. The molecule has 0 unspecified atom stereocenters. The van der Waals surface area contributed by atoms with Gasteiger partial charge in [0.1, 0.15) is 15.5 Å². The van der Waals surface area contributed by atoms with Crippen LogP contribution in [-0.4, -0.2) is 28.3 Å². The first-order valence-corrected chi connectivity index (χ1v) is 5.28. The summed E-state index contributed by atoms with van der Waals surface area (Å²) in [6.07, 6.45) is 1.48. The van der Waals surface area contributed by atoms with Crippen LogP contribution in [-0.2, 0) is 9.53 Å². The fourth-order valence-electron chi connectivity index (χ4n) is 0.915. The molecule has 72 valence electrons. The summed E-state index contributed by atoms with van der Waals surface area (Å²) < 4.78 is 5.65. The minimum Gasteiger partial charge on any atom is -0.500 e. The quantitative estimate of drug-likeness (QED) is 0.409. The minimum atomic E-state index is -0.0500. The van der Waals surface area contributed by atoms with E-state index in [-0.39, 0.29) is 5.91 Å². The van der Waals surface area contributed by atoms with Gasteiger partial charge in [-0.15, -0.1) is 0 Å². The summed E-state index contributed by atoms with van der Waals surface area (Å²) in [5.74, 6) is -0.0500. The first-order valence-electron chi connectivity index (χ1n) is 4.06. The topological polar surface area (TPSA) is 29.5 Å². The Labute approximate surface area is 87.1 Å². The van der Waals surface area contributed by atoms with E-state index in [1.54, 1.807) is 4.90 Å². The maximum absolute atomic E-state index is 11.5. The second-order valence-electron chi connectivity index (χ2n) is 2.35. The molecule has 0 aromatic rings. The molecule has 0 atom stereocenters. The third kappa shape index (κ3) is 2.22. The van der Waals surface area contributed by atoms with Gasteiger partial charge in [-0.1, -0.05) is 24.0 Å². The lowest BCUT2D eigenvalue weighted by Gasteiger charge is -2.09. The molecule has 1 aliphatic rings. The predicted octanol–water partition coefficient (Wildman–Crippen LogP) is 1.74. The van der Waals surface area contributed by atoms with Crippen LogP contribution in [0.15, 0.2) is 11.2 Å². The molecule has 1 saturated heterocycles. The van der Waals surface area contributed by atoms with Gasteiger partial charge in [0, 0.05) is 6.54 Å². The zero-order valence-electron chi connectivity index (χ0n) is 7.57. The number of rotatable bonds is 3. The molecule has 0 aromatic carbocycles. The number of hydrogen-bond acceptors (Lipinski definition) is 4. The summed E-state index contributed by atoms with van der Waals surface area (Å²) >= 11 is 6.31. The number of likely N-dealkylation sites (N-methyl/N-ethyl adjacent to an activating group) is 1. The standard InChI is InChI=1S/C8H11NO2S2/c1-3-9-7(10)6(5-11-4-2)13-8(9)12/h5H,3-4H2,1-2H3. The van der Waals surface area contributed by atoms with Crippen LogP contribution in [0.3, 0.4) is 0 Å². The zero-order valence-corrected chi connectivity index (χ0v) is 9.20. The maximum atomic E-state index is 11.5. The number of carbonyl (C=O) groups excluding carboxylic acids is 1. The SMILES string of the molecule is CCOC=C1SC(=S)N(CC)C1=O. The predicted molar refractivity (Wildman–Crippen MR) is 57.3 cm³/mol. The van der Waals surface area contributed by atoms with Gasteiger partial charge >= 0.3 is 0 Å². The molecule has 0 N–H and O–H groups in total. The molecule has 1 fully saturated rings.